The number of hydrogen-bond acceptors (Lipinski definition) is 5. The third-order valence-electron chi connectivity index (χ3n) is 7.01. The molecule has 0 heterocycles. The first-order valence-corrected chi connectivity index (χ1v) is 16.2. The molecule has 1 saturated carbocycles. The van der Waals surface area contributed by atoms with E-state index in [1.54, 1.807) is 37.4 Å². The first-order valence-electron chi connectivity index (χ1n) is 14.8. The Morgan fingerprint density at radius 3 is 2.31 bits per heavy atom. The first-order chi connectivity index (χ1) is 18.7. The van der Waals surface area contributed by atoms with Gasteiger partial charge in [0, 0.05) is 12.6 Å². The summed E-state index contributed by atoms with van der Waals surface area (Å²) in [4.78, 5) is 42.6. The number of thioether (sulfide) groups is 1. The molecule has 3 amide bonds. The van der Waals surface area contributed by atoms with Gasteiger partial charge in [0.15, 0.2) is 0 Å². The van der Waals surface area contributed by atoms with Crippen molar-refractivity contribution in [1.29, 1.82) is 0 Å². The maximum atomic E-state index is 14.2. The first kappa shape index (κ1) is 33.0. The maximum absolute atomic E-state index is 14.2. The Balaban J connectivity index is 2.38. The molecule has 2 unspecified atom stereocenters. The van der Waals surface area contributed by atoms with Crippen molar-refractivity contribution in [3.05, 3.63) is 35.9 Å². The molecular weight excluding hydrogens is 510 g/mol. The van der Waals surface area contributed by atoms with Gasteiger partial charge in [0.25, 0.3) is 0 Å². The summed E-state index contributed by atoms with van der Waals surface area (Å²) < 4.78 is 5.49. The van der Waals surface area contributed by atoms with Gasteiger partial charge in [-0.2, -0.15) is 11.8 Å². The van der Waals surface area contributed by atoms with Gasteiger partial charge in [-0.25, -0.2) is 4.79 Å². The molecule has 1 aromatic rings. The van der Waals surface area contributed by atoms with Gasteiger partial charge in [-0.05, 0) is 64.0 Å². The third-order valence-corrected chi connectivity index (χ3v) is 7.66. The molecule has 2 rings (SSSR count). The number of unbranched alkanes of at least 4 members (excludes halogenated alkanes) is 4. The molecule has 220 valence electrons. The molecule has 0 spiro atoms. The molecule has 0 aromatic heterocycles. The van der Waals surface area contributed by atoms with Crippen LogP contribution in [-0.2, 0) is 14.3 Å². The fraction of sp³-hybridized carbons (Fsp3) is 0.710. The lowest BCUT2D eigenvalue weighted by molar-refractivity contribution is -0.143. The molecule has 1 aliphatic carbocycles. The van der Waals surface area contributed by atoms with Gasteiger partial charge >= 0.3 is 6.09 Å². The number of alkyl carbamates (subject to hydrolysis) is 1. The predicted molar refractivity (Wildman–Crippen MR) is 161 cm³/mol. The van der Waals surface area contributed by atoms with Crippen LogP contribution in [0.4, 0.5) is 4.79 Å². The van der Waals surface area contributed by atoms with Crippen molar-refractivity contribution in [3.8, 4) is 0 Å². The van der Waals surface area contributed by atoms with Gasteiger partial charge in [0.05, 0.1) is 0 Å². The van der Waals surface area contributed by atoms with Gasteiger partial charge in [0.2, 0.25) is 11.8 Å². The Kier molecular flexibility index (Phi) is 14.8. The monoisotopic (exact) mass is 561 g/mol. The predicted octanol–water partition coefficient (Wildman–Crippen LogP) is 6.62. The topological polar surface area (TPSA) is 87.7 Å². The van der Waals surface area contributed by atoms with E-state index in [4.69, 9.17) is 4.74 Å². The number of benzene rings is 1. The van der Waals surface area contributed by atoms with Crippen LogP contribution in [0.5, 0.6) is 0 Å². The number of ether oxygens (including phenoxy) is 1. The smallest absolute Gasteiger partial charge is 0.408 e. The molecule has 0 aliphatic heterocycles. The molecule has 0 saturated heterocycles. The Labute approximate surface area is 240 Å². The molecule has 0 bridgehead atoms. The Morgan fingerprint density at radius 1 is 1.03 bits per heavy atom. The summed E-state index contributed by atoms with van der Waals surface area (Å²) in [6.45, 7) is 8.03. The summed E-state index contributed by atoms with van der Waals surface area (Å²) in [5, 5.41) is 6.10. The van der Waals surface area contributed by atoms with Crippen LogP contribution in [0.1, 0.15) is 110 Å². The number of nitrogens with zero attached hydrogens (tertiary/aromatic N) is 1. The quantitative estimate of drug-likeness (QED) is 0.235. The minimum absolute atomic E-state index is 0.131. The fourth-order valence-electron chi connectivity index (χ4n) is 5.03. The van der Waals surface area contributed by atoms with E-state index in [0.29, 0.717) is 18.7 Å². The molecule has 0 radical (unpaired) electrons. The Hall–Kier alpha value is -2.22. The standard InChI is InChI=1S/C31H51N3O4S/c1-6-7-8-9-16-22-34(29(36)26(21-23-39-5)33-30(37)38-31(2,3)4)27(24-17-12-10-13-18-24)28(35)32-25-19-14-11-15-20-25/h10,12-13,17-18,25-27H,6-9,11,14-16,19-23H2,1-5H3,(H,32,35)(H,33,37). The van der Waals surface area contributed by atoms with Crippen LogP contribution in [-0.4, -0.2) is 59.0 Å². The minimum Gasteiger partial charge on any atom is -0.444 e. The lowest BCUT2D eigenvalue weighted by Gasteiger charge is -2.36. The summed E-state index contributed by atoms with van der Waals surface area (Å²) >= 11 is 1.62. The molecule has 39 heavy (non-hydrogen) atoms. The number of carbonyl (C=O) groups excluding carboxylic acids is 3. The zero-order valence-electron chi connectivity index (χ0n) is 24.8. The van der Waals surface area contributed by atoms with Crippen LogP contribution in [0.3, 0.4) is 0 Å². The van der Waals surface area contributed by atoms with Crippen molar-refractivity contribution >= 4 is 29.7 Å². The number of rotatable bonds is 15. The van der Waals surface area contributed by atoms with Gasteiger partial charge in [-0.1, -0.05) is 82.2 Å². The van der Waals surface area contributed by atoms with Crippen molar-refractivity contribution in [2.24, 2.45) is 0 Å². The van der Waals surface area contributed by atoms with E-state index in [0.717, 1.165) is 63.4 Å². The number of carbonyl (C=O) groups is 3. The van der Waals surface area contributed by atoms with E-state index in [1.165, 1.54) is 6.42 Å². The molecule has 2 N–H and O–H groups in total. The second-order valence-corrected chi connectivity index (χ2v) is 12.6. The van der Waals surface area contributed by atoms with E-state index >= 15 is 0 Å². The Morgan fingerprint density at radius 2 is 1.69 bits per heavy atom. The van der Waals surface area contributed by atoms with Gasteiger partial charge in [-0.3, -0.25) is 9.59 Å². The highest BCUT2D eigenvalue weighted by atomic mass is 32.2. The van der Waals surface area contributed by atoms with E-state index < -0.39 is 23.8 Å². The van der Waals surface area contributed by atoms with Crippen LogP contribution in [0.2, 0.25) is 0 Å². The van der Waals surface area contributed by atoms with Gasteiger partial charge < -0.3 is 20.3 Å². The van der Waals surface area contributed by atoms with Crippen molar-refractivity contribution in [3.63, 3.8) is 0 Å². The average Bonchev–Trinajstić information content (AvgIpc) is 2.90. The molecule has 1 fully saturated rings. The second kappa shape index (κ2) is 17.5. The largest absolute Gasteiger partial charge is 0.444 e. The zero-order valence-corrected chi connectivity index (χ0v) is 25.6. The Bertz CT molecular complexity index is 868. The lowest BCUT2D eigenvalue weighted by Crippen LogP contribution is -2.54. The van der Waals surface area contributed by atoms with Crippen LogP contribution in [0.15, 0.2) is 30.3 Å². The molecule has 8 heteroatoms. The number of nitrogens with one attached hydrogen (secondary N) is 2. The lowest BCUT2D eigenvalue weighted by atomic mass is 9.94. The van der Waals surface area contributed by atoms with Crippen molar-refractivity contribution in [1.82, 2.24) is 15.5 Å². The summed E-state index contributed by atoms with van der Waals surface area (Å²) in [5.74, 6) is 0.315. The molecule has 1 aromatic carbocycles. The number of hydrogen-bond donors (Lipinski definition) is 2. The zero-order chi connectivity index (χ0) is 28.7. The minimum atomic E-state index is -0.781. The SMILES string of the molecule is CCCCCCCN(C(=O)C(CCSC)NC(=O)OC(C)(C)C)C(C(=O)NC1CCCCC1)c1ccccc1. The van der Waals surface area contributed by atoms with Crippen molar-refractivity contribution < 1.29 is 19.1 Å². The van der Waals surface area contributed by atoms with Crippen LogP contribution >= 0.6 is 11.8 Å². The third kappa shape index (κ3) is 12.2. The maximum Gasteiger partial charge on any atom is 0.408 e. The van der Waals surface area contributed by atoms with Crippen molar-refractivity contribution in [2.75, 3.05) is 18.6 Å². The number of amides is 3. The molecular formula is C31H51N3O4S. The molecule has 1 aliphatic rings. The van der Waals surface area contributed by atoms with E-state index in [1.807, 2.05) is 36.6 Å². The average molecular weight is 562 g/mol. The highest BCUT2D eigenvalue weighted by Crippen LogP contribution is 2.26. The normalized spacial score (nSPS) is 15.7. The van der Waals surface area contributed by atoms with E-state index in [9.17, 15) is 14.4 Å². The molecule has 7 nitrogen and oxygen atoms in total. The van der Waals surface area contributed by atoms with E-state index in [-0.39, 0.29) is 17.9 Å². The van der Waals surface area contributed by atoms with Gasteiger partial charge in [0.1, 0.15) is 17.7 Å². The highest BCUT2D eigenvalue weighted by molar-refractivity contribution is 7.98. The molecule has 2 atom stereocenters. The van der Waals surface area contributed by atoms with E-state index in [2.05, 4.69) is 17.6 Å². The van der Waals surface area contributed by atoms with Crippen LogP contribution < -0.4 is 10.6 Å². The van der Waals surface area contributed by atoms with Gasteiger partial charge in [-0.15, -0.1) is 0 Å². The summed E-state index contributed by atoms with van der Waals surface area (Å²) in [7, 11) is 0. The fourth-order valence-corrected chi connectivity index (χ4v) is 5.50. The highest BCUT2D eigenvalue weighted by Gasteiger charge is 2.36. The summed E-state index contributed by atoms with van der Waals surface area (Å²) in [5.41, 5.74) is 0.108. The van der Waals surface area contributed by atoms with Crippen LogP contribution in [0, 0.1) is 0 Å². The second-order valence-electron chi connectivity index (χ2n) is 11.6. The summed E-state index contributed by atoms with van der Waals surface area (Å²) in [6, 6.07) is 8.16. The summed E-state index contributed by atoms with van der Waals surface area (Å²) in [6.07, 6.45) is 12.3. The van der Waals surface area contributed by atoms with Crippen LogP contribution in [0.25, 0.3) is 0 Å². The van der Waals surface area contributed by atoms with Crippen molar-refractivity contribution in [2.45, 2.75) is 122 Å².